The number of hydrogen-bond acceptors (Lipinski definition) is 5. The Morgan fingerprint density at radius 1 is 1.09 bits per heavy atom. The van der Waals surface area contributed by atoms with Crippen molar-refractivity contribution in [2.24, 2.45) is 10.9 Å². The summed E-state index contributed by atoms with van der Waals surface area (Å²) in [5.41, 5.74) is 2.27. The molecule has 5 nitrogen and oxygen atoms in total. The van der Waals surface area contributed by atoms with E-state index in [1.165, 1.54) is 14.2 Å². The number of carbonyl (C=O) groups excluding carboxylic acids is 2. The van der Waals surface area contributed by atoms with E-state index in [1.807, 2.05) is 0 Å². The van der Waals surface area contributed by atoms with Crippen molar-refractivity contribution in [1.82, 2.24) is 0 Å². The first-order chi connectivity index (χ1) is 10.9. The highest BCUT2D eigenvalue weighted by Gasteiger charge is 2.41. The third kappa shape index (κ3) is 3.29. The van der Waals surface area contributed by atoms with E-state index in [9.17, 15) is 9.59 Å². The van der Waals surface area contributed by atoms with Crippen molar-refractivity contribution >= 4 is 29.3 Å². The number of methoxy groups -OCH3 is 2. The quantitative estimate of drug-likeness (QED) is 0.796. The average Bonchev–Trinajstić information content (AvgIpc) is 2.53. The highest BCUT2D eigenvalue weighted by molar-refractivity contribution is 6.30. The van der Waals surface area contributed by atoms with Crippen molar-refractivity contribution < 1.29 is 19.1 Å². The maximum Gasteiger partial charge on any atom is 0.336 e. The monoisotopic (exact) mass is 335 g/mol. The topological polar surface area (TPSA) is 65.0 Å². The number of ether oxygens (including phenoxy) is 2. The fourth-order valence-corrected chi connectivity index (χ4v) is 3.00. The van der Waals surface area contributed by atoms with E-state index >= 15 is 0 Å². The number of halogens is 1. The third-order valence-electron chi connectivity index (χ3n) is 3.92. The second-order valence-electron chi connectivity index (χ2n) is 5.27. The van der Waals surface area contributed by atoms with Crippen molar-refractivity contribution in [2.45, 2.75) is 19.8 Å². The summed E-state index contributed by atoms with van der Waals surface area (Å²) >= 11 is 5.94. The maximum atomic E-state index is 12.3. The molecule has 2 rings (SSSR count). The van der Waals surface area contributed by atoms with Gasteiger partial charge in [-0.05, 0) is 31.5 Å². The molecule has 2 atom stereocenters. The van der Waals surface area contributed by atoms with E-state index in [0.717, 1.165) is 5.56 Å². The molecule has 6 heteroatoms. The van der Waals surface area contributed by atoms with Gasteiger partial charge < -0.3 is 9.47 Å². The van der Waals surface area contributed by atoms with E-state index < -0.39 is 23.8 Å². The normalized spacial score (nSPS) is 20.8. The van der Waals surface area contributed by atoms with Crippen molar-refractivity contribution in [3.05, 3.63) is 46.1 Å². The Morgan fingerprint density at radius 3 is 2.22 bits per heavy atom. The van der Waals surface area contributed by atoms with Crippen LogP contribution in [-0.2, 0) is 19.1 Å². The van der Waals surface area contributed by atoms with Crippen LogP contribution < -0.4 is 0 Å². The largest absolute Gasteiger partial charge is 0.468 e. The number of rotatable bonds is 3. The van der Waals surface area contributed by atoms with Gasteiger partial charge in [0.05, 0.1) is 19.8 Å². The molecule has 1 aliphatic heterocycles. The highest BCUT2D eigenvalue weighted by atomic mass is 35.5. The van der Waals surface area contributed by atoms with Crippen LogP contribution in [0.5, 0.6) is 0 Å². The lowest BCUT2D eigenvalue weighted by Crippen LogP contribution is -2.36. The first-order valence-electron chi connectivity index (χ1n) is 7.08. The van der Waals surface area contributed by atoms with Gasteiger partial charge in [0.2, 0.25) is 0 Å². The predicted octanol–water partition coefficient (Wildman–Crippen LogP) is 3.13. The van der Waals surface area contributed by atoms with Gasteiger partial charge in [-0.1, -0.05) is 23.7 Å². The van der Waals surface area contributed by atoms with Crippen LogP contribution in [0.4, 0.5) is 0 Å². The first-order valence-corrected chi connectivity index (χ1v) is 7.46. The molecule has 1 aromatic rings. The van der Waals surface area contributed by atoms with Crippen LogP contribution in [0.15, 0.2) is 40.5 Å². The fourth-order valence-electron chi connectivity index (χ4n) is 2.87. The summed E-state index contributed by atoms with van der Waals surface area (Å²) < 4.78 is 9.80. The molecule has 1 aliphatic rings. The van der Waals surface area contributed by atoms with E-state index in [-0.39, 0.29) is 0 Å². The smallest absolute Gasteiger partial charge is 0.336 e. The summed E-state index contributed by atoms with van der Waals surface area (Å²) in [4.78, 5) is 28.9. The number of carbonyl (C=O) groups is 2. The molecule has 0 fully saturated rings. The van der Waals surface area contributed by atoms with Crippen molar-refractivity contribution in [3.8, 4) is 0 Å². The van der Waals surface area contributed by atoms with Crippen LogP contribution in [0.2, 0.25) is 5.02 Å². The molecule has 122 valence electrons. The van der Waals surface area contributed by atoms with Gasteiger partial charge in [-0.3, -0.25) is 9.79 Å². The van der Waals surface area contributed by atoms with Gasteiger partial charge in [0.25, 0.3) is 0 Å². The minimum Gasteiger partial charge on any atom is -0.468 e. The molecule has 0 radical (unpaired) electrons. The predicted molar refractivity (Wildman–Crippen MR) is 87.5 cm³/mol. The van der Waals surface area contributed by atoms with E-state index in [4.69, 9.17) is 21.1 Å². The number of hydrogen-bond donors (Lipinski definition) is 0. The van der Waals surface area contributed by atoms with E-state index in [1.54, 1.807) is 38.1 Å². The molecule has 0 spiro atoms. The van der Waals surface area contributed by atoms with Gasteiger partial charge in [-0.15, -0.1) is 0 Å². The van der Waals surface area contributed by atoms with Crippen LogP contribution in [0.25, 0.3) is 0 Å². The summed E-state index contributed by atoms with van der Waals surface area (Å²) in [5.74, 6) is -2.16. The zero-order valence-corrected chi connectivity index (χ0v) is 14.2. The average molecular weight is 336 g/mol. The summed E-state index contributed by atoms with van der Waals surface area (Å²) in [6.07, 6.45) is 0. The standard InChI is InChI=1S/C17H18ClNO4/c1-9-13(16(20)22-3)15(11-5-7-12(18)8-6-11)14(10(2)19-9)17(21)23-4/h5-8,13,15H,1-4H3. The number of nitrogens with zero attached hydrogens (tertiary/aromatic N) is 1. The molecule has 1 heterocycles. The van der Waals surface area contributed by atoms with Crippen molar-refractivity contribution in [1.29, 1.82) is 0 Å². The number of allylic oxidation sites excluding steroid dienone is 1. The molecule has 0 aliphatic carbocycles. The highest BCUT2D eigenvalue weighted by Crippen LogP contribution is 2.40. The molecule has 0 saturated heterocycles. The SMILES string of the molecule is COC(=O)C1=C(C)N=C(C)C(C(=O)OC)C1c1ccc(Cl)cc1. The molecule has 2 unspecified atom stereocenters. The second-order valence-corrected chi connectivity index (χ2v) is 5.71. The second kappa shape index (κ2) is 6.96. The Kier molecular flexibility index (Phi) is 5.21. The molecule has 0 bridgehead atoms. The molecular weight excluding hydrogens is 318 g/mol. The first kappa shape index (κ1) is 17.2. The molecule has 0 N–H and O–H groups in total. The summed E-state index contributed by atoms with van der Waals surface area (Å²) in [6, 6.07) is 7.02. The van der Waals surface area contributed by atoms with Crippen molar-refractivity contribution in [2.75, 3.05) is 14.2 Å². The zero-order chi connectivity index (χ0) is 17.1. The maximum absolute atomic E-state index is 12.3. The van der Waals surface area contributed by atoms with Crippen LogP contribution in [-0.4, -0.2) is 31.9 Å². The summed E-state index contributed by atoms with van der Waals surface area (Å²) in [7, 11) is 2.62. The van der Waals surface area contributed by atoms with Crippen LogP contribution >= 0.6 is 11.6 Å². The Balaban J connectivity index is 2.65. The van der Waals surface area contributed by atoms with Gasteiger partial charge in [-0.2, -0.15) is 0 Å². The molecule has 0 aromatic heterocycles. The van der Waals surface area contributed by atoms with Gasteiger partial charge >= 0.3 is 11.9 Å². The third-order valence-corrected chi connectivity index (χ3v) is 4.17. The lowest BCUT2D eigenvalue weighted by molar-refractivity contribution is -0.143. The molecule has 1 aromatic carbocycles. The van der Waals surface area contributed by atoms with Gasteiger partial charge in [0.15, 0.2) is 0 Å². The van der Waals surface area contributed by atoms with Gasteiger partial charge in [-0.25, -0.2) is 4.79 Å². The molecule has 23 heavy (non-hydrogen) atoms. The number of aliphatic imine (C=N–C) groups is 1. The molecule has 0 amide bonds. The zero-order valence-electron chi connectivity index (χ0n) is 13.4. The van der Waals surface area contributed by atoms with E-state index in [2.05, 4.69) is 4.99 Å². The van der Waals surface area contributed by atoms with E-state index in [0.29, 0.717) is 22.0 Å². The Bertz CT molecular complexity index is 691. The van der Waals surface area contributed by atoms with Gasteiger partial charge in [0, 0.05) is 22.3 Å². The van der Waals surface area contributed by atoms with Crippen molar-refractivity contribution in [3.63, 3.8) is 0 Å². The Labute approximate surface area is 139 Å². The lowest BCUT2D eigenvalue weighted by Gasteiger charge is -2.31. The Hall–Kier alpha value is -2.14. The number of esters is 2. The van der Waals surface area contributed by atoms with Gasteiger partial charge in [0.1, 0.15) is 5.92 Å². The number of benzene rings is 1. The lowest BCUT2D eigenvalue weighted by atomic mass is 9.75. The Morgan fingerprint density at radius 2 is 1.70 bits per heavy atom. The molecular formula is C17H18ClNO4. The van der Waals surface area contributed by atoms with Crippen LogP contribution in [0.1, 0.15) is 25.3 Å². The summed E-state index contributed by atoms with van der Waals surface area (Å²) in [6.45, 7) is 3.48. The minimum absolute atomic E-state index is 0.357. The fraction of sp³-hybridized carbons (Fsp3) is 0.353. The molecule has 0 saturated carbocycles. The minimum atomic E-state index is -0.682. The summed E-state index contributed by atoms with van der Waals surface area (Å²) in [5, 5.41) is 0.574. The van der Waals surface area contributed by atoms with Crippen LogP contribution in [0.3, 0.4) is 0 Å². The van der Waals surface area contributed by atoms with Crippen LogP contribution in [0, 0.1) is 5.92 Å².